The Morgan fingerprint density at radius 2 is 2.24 bits per heavy atom. The summed E-state index contributed by atoms with van der Waals surface area (Å²) in [6.45, 7) is 7.41. The Hall–Kier alpha value is -0.870. The van der Waals surface area contributed by atoms with Crippen molar-refractivity contribution in [3.8, 4) is 0 Å². The first-order valence-electron chi connectivity index (χ1n) is 6.34. The van der Waals surface area contributed by atoms with Crippen LogP contribution in [0.4, 0.5) is 0 Å². The molecule has 0 amide bonds. The van der Waals surface area contributed by atoms with Gasteiger partial charge in [-0.15, -0.1) is 0 Å². The van der Waals surface area contributed by atoms with Crippen molar-refractivity contribution in [3.05, 3.63) is 18.2 Å². The second kappa shape index (κ2) is 6.17. The third-order valence-corrected chi connectivity index (χ3v) is 3.49. The zero-order valence-electron chi connectivity index (χ0n) is 11.7. The number of nitrogens with one attached hydrogen (secondary N) is 1. The summed E-state index contributed by atoms with van der Waals surface area (Å²) in [7, 11) is 3.79. The van der Waals surface area contributed by atoms with Crippen molar-refractivity contribution >= 4 is 0 Å². The van der Waals surface area contributed by atoms with Gasteiger partial charge < -0.3 is 14.6 Å². The van der Waals surface area contributed by atoms with E-state index in [0.29, 0.717) is 0 Å². The van der Waals surface area contributed by atoms with E-state index in [1.165, 1.54) is 0 Å². The lowest BCUT2D eigenvalue weighted by Gasteiger charge is -2.36. The number of aromatic nitrogens is 2. The molecule has 4 nitrogen and oxygen atoms in total. The van der Waals surface area contributed by atoms with E-state index in [1.54, 1.807) is 7.11 Å². The quantitative estimate of drug-likeness (QED) is 0.793. The van der Waals surface area contributed by atoms with Crippen LogP contribution < -0.4 is 5.32 Å². The Labute approximate surface area is 104 Å². The van der Waals surface area contributed by atoms with Gasteiger partial charge in [0.2, 0.25) is 0 Å². The standard InChI is InChI=1S/C13H25N3O/c1-6-8-14-11(13(3,7-2)17-5)12-15-9-10-16(12)4/h9-11,14H,6-8H2,1-5H3. The average Bonchev–Trinajstić information content (AvgIpc) is 2.75. The second-order valence-corrected chi connectivity index (χ2v) is 4.65. The highest BCUT2D eigenvalue weighted by Crippen LogP contribution is 2.30. The molecule has 1 heterocycles. The number of hydrogen-bond acceptors (Lipinski definition) is 3. The molecule has 98 valence electrons. The first-order chi connectivity index (χ1) is 8.09. The Bertz CT molecular complexity index is 331. The molecule has 17 heavy (non-hydrogen) atoms. The monoisotopic (exact) mass is 239 g/mol. The molecule has 0 aliphatic rings. The van der Waals surface area contributed by atoms with Crippen molar-refractivity contribution in [2.24, 2.45) is 7.05 Å². The van der Waals surface area contributed by atoms with E-state index >= 15 is 0 Å². The summed E-state index contributed by atoms with van der Waals surface area (Å²) >= 11 is 0. The van der Waals surface area contributed by atoms with Gasteiger partial charge in [-0.2, -0.15) is 0 Å². The van der Waals surface area contributed by atoms with Crippen LogP contribution in [-0.2, 0) is 11.8 Å². The minimum Gasteiger partial charge on any atom is -0.376 e. The number of ether oxygens (including phenoxy) is 1. The predicted octanol–water partition coefficient (Wildman–Crippen LogP) is 2.28. The van der Waals surface area contributed by atoms with Gasteiger partial charge in [-0.1, -0.05) is 13.8 Å². The summed E-state index contributed by atoms with van der Waals surface area (Å²) in [5, 5.41) is 3.55. The first-order valence-corrected chi connectivity index (χ1v) is 6.34. The summed E-state index contributed by atoms with van der Waals surface area (Å²) in [6, 6.07) is 0.123. The molecule has 1 aromatic heterocycles. The lowest BCUT2D eigenvalue weighted by atomic mass is 9.92. The molecule has 1 N–H and O–H groups in total. The highest BCUT2D eigenvalue weighted by Gasteiger charge is 2.35. The van der Waals surface area contributed by atoms with Crippen LogP contribution in [0.2, 0.25) is 0 Å². The number of aryl methyl sites for hydroxylation is 1. The average molecular weight is 239 g/mol. The molecule has 0 bridgehead atoms. The van der Waals surface area contributed by atoms with Gasteiger partial charge in [-0.3, -0.25) is 0 Å². The van der Waals surface area contributed by atoms with E-state index in [9.17, 15) is 0 Å². The summed E-state index contributed by atoms with van der Waals surface area (Å²) in [5.41, 5.74) is -0.228. The molecule has 0 spiro atoms. The molecule has 0 aromatic carbocycles. The Morgan fingerprint density at radius 3 is 2.65 bits per heavy atom. The maximum atomic E-state index is 5.71. The molecule has 0 saturated carbocycles. The number of hydrogen-bond donors (Lipinski definition) is 1. The number of methoxy groups -OCH3 is 1. The largest absolute Gasteiger partial charge is 0.376 e. The zero-order chi connectivity index (χ0) is 12.9. The molecule has 0 saturated heterocycles. The summed E-state index contributed by atoms with van der Waals surface area (Å²) in [6.07, 6.45) is 5.85. The lowest BCUT2D eigenvalue weighted by molar-refractivity contribution is -0.0329. The highest BCUT2D eigenvalue weighted by atomic mass is 16.5. The van der Waals surface area contributed by atoms with E-state index in [-0.39, 0.29) is 11.6 Å². The summed E-state index contributed by atoms with van der Waals surface area (Å²) in [4.78, 5) is 4.45. The van der Waals surface area contributed by atoms with Crippen LogP contribution in [0.25, 0.3) is 0 Å². The molecule has 1 aromatic rings. The van der Waals surface area contributed by atoms with Gasteiger partial charge in [0.15, 0.2) is 0 Å². The number of nitrogens with zero attached hydrogens (tertiary/aromatic N) is 2. The summed E-state index contributed by atoms with van der Waals surface area (Å²) < 4.78 is 7.76. The van der Waals surface area contributed by atoms with Crippen LogP contribution in [-0.4, -0.2) is 28.8 Å². The van der Waals surface area contributed by atoms with Crippen molar-refractivity contribution in [1.29, 1.82) is 0 Å². The maximum Gasteiger partial charge on any atom is 0.128 e. The first kappa shape index (κ1) is 14.2. The molecule has 2 unspecified atom stereocenters. The third-order valence-electron chi connectivity index (χ3n) is 3.49. The zero-order valence-corrected chi connectivity index (χ0v) is 11.7. The molecular formula is C13H25N3O. The van der Waals surface area contributed by atoms with Gasteiger partial charge in [-0.25, -0.2) is 4.98 Å². The number of imidazole rings is 1. The van der Waals surface area contributed by atoms with E-state index < -0.39 is 0 Å². The molecular weight excluding hydrogens is 214 g/mol. The van der Waals surface area contributed by atoms with Crippen molar-refractivity contribution < 1.29 is 4.74 Å². The van der Waals surface area contributed by atoms with Crippen molar-refractivity contribution in [1.82, 2.24) is 14.9 Å². The van der Waals surface area contributed by atoms with Gasteiger partial charge in [0.25, 0.3) is 0 Å². The van der Waals surface area contributed by atoms with Crippen LogP contribution in [0.15, 0.2) is 12.4 Å². The van der Waals surface area contributed by atoms with E-state index in [1.807, 2.05) is 19.4 Å². The Balaban J connectivity index is 2.99. The summed E-state index contributed by atoms with van der Waals surface area (Å²) in [5.74, 6) is 1.03. The van der Waals surface area contributed by atoms with Crippen molar-refractivity contribution in [3.63, 3.8) is 0 Å². The van der Waals surface area contributed by atoms with Crippen molar-refractivity contribution in [2.45, 2.75) is 45.3 Å². The fourth-order valence-electron chi connectivity index (χ4n) is 1.99. The number of rotatable bonds is 7. The lowest BCUT2D eigenvalue weighted by Crippen LogP contribution is -2.44. The van der Waals surface area contributed by atoms with Crippen molar-refractivity contribution in [2.75, 3.05) is 13.7 Å². The molecule has 0 aliphatic carbocycles. The Morgan fingerprint density at radius 1 is 1.53 bits per heavy atom. The van der Waals surface area contributed by atoms with E-state index in [4.69, 9.17) is 4.74 Å². The molecule has 0 fully saturated rings. The topological polar surface area (TPSA) is 39.1 Å². The minimum atomic E-state index is -0.228. The van der Waals surface area contributed by atoms with Gasteiger partial charge in [0.05, 0.1) is 11.6 Å². The predicted molar refractivity (Wildman–Crippen MR) is 69.9 cm³/mol. The normalized spacial score (nSPS) is 16.8. The molecule has 1 rings (SSSR count). The van der Waals surface area contributed by atoms with Crippen LogP contribution >= 0.6 is 0 Å². The van der Waals surface area contributed by atoms with Crippen LogP contribution in [0.5, 0.6) is 0 Å². The maximum absolute atomic E-state index is 5.71. The molecule has 2 atom stereocenters. The molecule has 0 radical (unpaired) electrons. The van der Waals surface area contributed by atoms with Crippen LogP contribution in [0, 0.1) is 0 Å². The van der Waals surface area contributed by atoms with E-state index in [2.05, 4.69) is 35.6 Å². The van der Waals surface area contributed by atoms with Gasteiger partial charge in [0.1, 0.15) is 5.82 Å². The van der Waals surface area contributed by atoms with Gasteiger partial charge >= 0.3 is 0 Å². The van der Waals surface area contributed by atoms with Crippen LogP contribution in [0.3, 0.4) is 0 Å². The smallest absolute Gasteiger partial charge is 0.128 e. The van der Waals surface area contributed by atoms with Crippen LogP contribution in [0.1, 0.15) is 45.5 Å². The third kappa shape index (κ3) is 3.07. The molecule has 4 heteroatoms. The SMILES string of the molecule is CCCNC(c1nccn1C)C(C)(CC)OC. The van der Waals surface area contributed by atoms with E-state index in [0.717, 1.165) is 25.2 Å². The van der Waals surface area contributed by atoms with Gasteiger partial charge in [0, 0.05) is 26.6 Å². The Kier molecular flexibility index (Phi) is 5.15. The second-order valence-electron chi connectivity index (χ2n) is 4.65. The minimum absolute atomic E-state index is 0.123. The molecule has 0 aliphatic heterocycles. The fourth-order valence-corrected chi connectivity index (χ4v) is 1.99. The fraction of sp³-hybridized carbons (Fsp3) is 0.769. The van der Waals surface area contributed by atoms with Gasteiger partial charge in [-0.05, 0) is 26.3 Å². The highest BCUT2D eigenvalue weighted by molar-refractivity contribution is 5.06.